The molecular weight excluding hydrogens is 416 g/mol. The Morgan fingerprint density at radius 3 is 2.70 bits per heavy atom. The van der Waals surface area contributed by atoms with Gasteiger partial charge in [0.25, 0.3) is 0 Å². The Balaban J connectivity index is 1.92. The number of ether oxygens (including phenoxy) is 1. The molecule has 1 saturated heterocycles. The van der Waals surface area contributed by atoms with E-state index < -0.39 is 45.0 Å². The molecule has 0 spiro atoms. The number of rotatable bonds is 4. The van der Waals surface area contributed by atoms with Crippen LogP contribution in [-0.2, 0) is 4.74 Å². The number of H-pyrrole nitrogens is 1. The molecule has 1 aliphatic heterocycles. The molecule has 0 amide bonds. The third-order valence-electron chi connectivity index (χ3n) is 3.60. The fraction of sp³-hybridized carbons (Fsp3) is 0.333. The summed E-state index contributed by atoms with van der Waals surface area (Å²) < 4.78 is 8.42. The topological polar surface area (TPSA) is 105 Å². The van der Waals surface area contributed by atoms with Crippen LogP contribution in [0.25, 0.3) is 0 Å². The number of nitrogens with one attached hydrogen (secondary N) is 1. The molecule has 3 atom stereocenters. The van der Waals surface area contributed by atoms with Crippen LogP contribution < -0.4 is 18.5 Å². The van der Waals surface area contributed by atoms with Gasteiger partial charge < -0.3 is 0 Å². The van der Waals surface area contributed by atoms with Gasteiger partial charge in [0, 0.05) is 0 Å². The number of hydrogen-bond donors (Lipinski definition) is 3. The number of aliphatic hydroxyl groups excluding tert-OH is 2. The summed E-state index contributed by atoms with van der Waals surface area (Å²) in [4.78, 5) is 26.4. The SMILES string of the molecule is O=c1[nH]c(=O)n([C@@H]2CC(O)[C@H](CO)O2)cc1[Te]c1ccccc1. The summed E-state index contributed by atoms with van der Waals surface area (Å²) in [6.07, 6.45) is -0.519. The molecule has 7 nitrogen and oxygen atoms in total. The minimum absolute atomic E-state index is 0.197. The first-order chi connectivity index (χ1) is 11.1. The Hall–Kier alpha value is -1.43. The molecule has 3 rings (SSSR count). The van der Waals surface area contributed by atoms with Gasteiger partial charge in [0.1, 0.15) is 0 Å². The van der Waals surface area contributed by atoms with Gasteiger partial charge in [0.15, 0.2) is 0 Å². The van der Waals surface area contributed by atoms with Crippen molar-refractivity contribution >= 4 is 28.1 Å². The van der Waals surface area contributed by atoms with E-state index in [1.807, 2.05) is 30.3 Å². The summed E-state index contributed by atoms with van der Waals surface area (Å²) in [5.74, 6) is 0. The Morgan fingerprint density at radius 1 is 1.30 bits per heavy atom. The summed E-state index contributed by atoms with van der Waals surface area (Å²) >= 11 is -0.939. The van der Waals surface area contributed by atoms with E-state index in [-0.39, 0.29) is 18.6 Å². The number of benzene rings is 1. The van der Waals surface area contributed by atoms with Gasteiger partial charge in [-0.1, -0.05) is 0 Å². The number of aromatic amines is 1. The predicted octanol–water partition coefficient (Wildman–Crippen LogP) is -2.17. The average molecular weight is 432 g/mol. The molecule has 122 valence electrons. The molecule has 1 aromatic heterocycles. The maximum atomic E-state index is 12.0. The van der Waals surface area contributed by atoms with E-state index in [1.165, 1.54) is 10.8 Å². The average Bonchev–Trinajstić information content (AvgIpc) is 2.91. The van der Waals surface area contributed by atoms with Crippen LogP contribution in [0, 0.1) is 0 Å². The van der Waals surface area contributed by atoms with Crippen LogP contribution in [0.2, 0.25) is 0 Å². The third kappa shape index (κ3) is 3.57. The molecule has 0 bridgehead atoms. The molecule has 2 heterocycles. The van der Waals surface area contributed by atoms with Crippen LogP contribution in [-0.4, -0.2) is 59.5 Å². The van der Waals surface area contributed by atoms with Crippen molar-refractivity contribution in [1.82, 2.24) is 9.55 Å². The van der Waals surface area contributed by atoms with Crippen molar-refractivity contribution in [3.63, 3.8) is 0 Å². The van der Waals surface area contributed by atoms with Crippen molar-refractivity contribution in [2.24, 2.45) is 0 Å². The molecule has 1 unspecified atom stereocenters. The van der Waals surface area contributed by atoms with Gasteiger partial charge in [-0.2, -0.15) is 0 Å². The molecule has 1 aromatic carbocycles. The van der Waals surface area contributed by atoms with Crippen LogP contribution in [0.15, 0.2) is 46.1 Å². The molecule has 0 saturated carbocycles. The molecule has 2 aromatic rings. The van der Waals surface area contributed by atoms with E-state index in [2.05, 4.69) is 4.98 Å². The van der Waals surface area contributed by atoms with Gasteiger partial charge in [0.05, 0.1) is 0 Å². The van der Waals surface area contributed by atoms with Crippen LogP contribution >= 0.6 is 0 Å². The first-order valence-electron chi connectivity index (χ1n) is 7.11. The molecule has 3 N–H and O–H groups in total. The van der Waals surface area contributed by atoms with E-state index in [9.17, 15) is 14.7 Å². The van der Waals surface area contributed by atoms with Gasteiger partial charge in [-0.3, -0.25) is 0 Å². The standard InChI is InChI=1S/C15H16N2O5Te/c18-8-11-10(19)6-13(22-11)17-7-12(14(20)16-15(17)21)23-9-4-2-1-3-5-9/h1-5,7,10-11,13,18-19H,6,8H2,(H,16,20,21)/t10?,11-,13-/m0/s1. The third-order valence-corrected chi connectivity index (χ3v) is 6.51. The first kappa shape index (κ1) is 16.4. The second kappa shape index (κ2) is 6.99. The molecule has 23 heavy (non-hydrogen) atoms. The van der Waals surface area contributed by atoms with Crippen molar-refractivity contribution in [2.45, 2.75) is 24.9 Å². The number of nitrogens with zero attached hydrogens (tertiary/aromatic N) is 1. The van der Waals surface area contributed by atoms with Crippen molar-refractivity contribution in [3.05, 3.63) is 57.4 Å². The van der Waals surface area contributed by atoms with Crippen molar-refractivity contribution in [1.29, 1.82) is 0 Å². The summed E-state index contributed by atoms with van der Waals surface area (Å²) in [5, 5.41) is 18.9. The van der Waals surface area contributed by atoms with Gasteiger partial charge in [-0.25, -0.2) is 0 Å². The van der Waals surface area contributed by atoms with Crippen LogP contribution in [0.3, 0.4) is 0 Å². The first-order valence-corrected chi connectivity index (χ1v) is 9.44. The molecule has 1 aliphatic rings. The monoisotopic (exact) mass is 434 g/mol. The van der Waals surface area contributed by atoms with E-state index in [4.69, 9.17) is 9.84 Å². The number of aromatic nitrogens is 2. The Kier molecular flexibility index (Phi) is 4.99. The molecule has 1 fully saturated rings. The Labute approximate surface area is 141 Å². The van der Waals surface area contributed by atoms with Crippen molar-refractivity contribution < 1.29 is 14.9 Å². The molecular formula is C15H16N2O5Te. The van der Waals surface area contributed by atoms with E-state index in [0.29, 0.717) is 3.61 Å². The predicted molar refractivity (Wildman–Crippen MR) is 84.4 cm³/mol. The summed E-state index contributed by atoms with van der Waals surface area (Å²) in [5.41, 5.74) is -0.954. The molecule has 0 aliphatic carbocycles. The van der Waals surface area contributed by atoms with Gasteiger partial charge in [-0.15, -0.1) is 0 Å². The summed E-state index contributed by atoms with van der Waals surface area (Å²) in [6.45, 7) is -0.319. The van der Waals surface area contributed by atoms with Crippen LogP contribution in [0.5, 0.6) is 0 Å². The van der Waals surface area contributed by atoms with Gasteiger partial charge in [0.2, 0.25) is 0 Å². The zero-order chi connectivity index (χ0) is 16.4. The normalized spacial score (nSPS) is 24.0. The van der Waals surface area contributed by atoms with E-state index in [1.54, 1.807) is 0 Å². The van der Waals surface area contributed by atoms with Gasteiger partial charge >= 0.3 is 141 Å². The fourth-order valence-corrected chi connectivity index (χ4v) is 4.87. The number of aliphatic hydroxyl groups is 2. The fourth-order valence-electron chi connectivity index (χ4n) is 2.42. The zero-order valence-corrected chi connectivity index (χ0v) is 14.4. The minimum atomic E-state index is -0.939. The van der Waals surface area contributed by atoms with Crippen molar-refractivity contribution in [3.8, 4) is 0 Å². The zero-order valence-electron chi connectivity index (χ0n) is 12.1. The van der Waals surface area contributed by atoms with Crippen molar-refractivity contribution in [2.75, 3.05) is 6.61 Å². The second-order valence-electron chi connectivity index (χ2n) is 5.19. The maximum absolute atomic E-state index is 12.0. The molecule has 8 heteroatoms. The molecule has 0 radical (unpaired) electrons. The summed E-state index contributed by atoms with van der Waals surface area (Å²) in [7, 11) is 0. The number of hydrogen-bond acceptors (Lipinski definition) is 5. The quantitative estimate of drug-likeness (QED) is 0.478. The van der Waals surface area contributed by atoms with E-state index >= 15 is 0 Å². The van der Waals surface area contributed by atoms with E-state index in [0.717, 1.165) is 3.61 Å². The Bertz CT molecular complexity index is 788. The van der Waals surface area contributed by atoms with Crippen LogP contribution in [0.1, 0.15) is 12.6 Å². The van der Waals surface area contributed by atoms with Gasteiger partial charge in [-0.05, 0) is 0 Å². The Morgan fingerprint density at radius 2 is 2.04 bits per heavy atom. The second-order valence-corrected chi connectivity index (χ2v) is 8.37. The summed E-state index contributed by atoms with van der Waals surface area (Å²) in [6, 6.07) is 9.63. The van der Waals surface area contributed by atoms with Crippen LogP contribution in [0.4, 0.5) is 0 Å².